The van der Waals surface area contributed by atoms with Crippen LogP contribution in [0.3, 0.4) is 0 Å². The first kappa shape index (κ1) is 19.2. The number of carbonyl (C=O) groups excluding carboxylic acids is 1. The molecule has 1 amide bonds. The number of hydrogen-bond donors (Lipinski definition) is 2. The summed E-state index contributed by atoms with van der Waals surface area (Å²) in [6.45, 7) is 3.27. The quantitative estimate of drug-likeness (QED) is 0.691. The second-order valence-electron chi connectivity index (χ2n) is 7.17. The molecule has 0 radical (unpaired) electrons. The Morgan fingerprint density at radius 2 is 2.14 bits per heavy atom. The van der Waals surface area contributed by atoms with Gasteiger partial charge in [0.2, 0.25) is 5.55 Å². The molecule has 2 N–H and O–H groups in total. The van der Waals surface area contributed by atoms with Gasteiger partial charge in [0, 0.05) is 24.6 Å². The predicted octanol–water partition coefficient (Wildman–Crippen LogP) is 3.84. The number of rotatable bonds is 5. The molecule has 6 heteroatoms. The number of carbonyl (C=O) groups is 1. The molecular formula is C23H24N2O4. The number of amides is 1. The number of nitrogens with one attached hydrogen (secondary N) is 1. The molecule has 0 saturated carbocycles. The summed E-state index contributed by atoms with van der Waals surface area (Å²) in [4.78, 5) is 17.5. The molecule has 0 spiro atoms. The molecule has 1 saturated heterocycles. The van der Waals surface area contributed by atoms with Crippen LogP contribution in [0.4, 0.5) is 5.69 Å². The highest BCUT2D eigenvalue weighted by atomic mass is 16.5. The van der Waals surface area contributed by atoms with Crippen molar-refractivity contribution in [1.82, 2.24) is 5.32 Å². The number of nitrogens with zero attached hydrogens (tertiary/aromatic N) is 1. The lowest BCUT2D eigenvalue weighted by atomic mass is 10.1. The number of benzene rings is 2. The van der Waals surface area contributed by atoms with Crippen molar-refractivity contribution in [3.05, 3.63) is 65.2 Å². The van der Waals surface area contributed by atoms with E-state index in [1.807, 2.05) is 24.3 Å². The van der Waals surface area contributed by atoms with Gasteiger partial charge in [0.25, 0.3) is 5.91 Å². The van der Waals surface area contributed by atoms with Crippen LogP contribution in [0.1, 0.15) is 35.7 Å². The summed E-state index contributed by atoms with van der Waals surface area (Å²) in [5, 5.41) is 13.4. The van der Waals surface area contributed by atoms with Gasteiger partial charge in [0.1, 0.15) is 16.9 Å². The van der Waals surface area contributed by atoms with Crippen LogP contribution in [0.25, 0.3) is 11.0 Å². The van der Waals surface area contributed by atoms with E-state index in [1.165, 1.54) is 6.07 Å². The first-order chi connectivity index (χ1) is 14.1. The zero-order chi connectivity index (χ0) is 20.2. The van der Waals surface area contributed by atoms with Gasteiger partial charge in [0.05, 0.1) is 11.8 Å². The average molecular weight is 392 g/mol. The molecule has 6 nitrogen and oxygen atoms in total. The minimum Gasteiger partial charge on any atom is -0.508 e. The molecule has 1 aliphatic rings. The van der Waals surface area contributed by atoms with Crippen molar-refractivity contribution >= 4 is 22.6 Å². The Morgan fingerprint density at radius 3 is 2.93 bits per heavy atom. The van der Waals surface area contributed by atoms with Gasteiger partial charge in [-0.1, -0.05) is 19.1 Å². The van der Waals surface area contributed by atoms with Gasteiger partial charge >= 0.3 is 0 Å². The van der Waals surface area contributed by atoms with E-state index in [-0.39, 0.29) is 23.3 Å². The van der Waals surface area contributed by atoms with Crippen molar-refractivity contribution < 1.29 is 19.1 Å². The Kier molecular flexibility index (Phi) is 5.62. The van der Waals surface area contributed by atoms with Crippen LogP contribution in [0.2, 0.25) is 0 Å². The fourth-order valence-corrected chi connectivity index (χ4v) is 3.42. The molecule has 29 heavy (non-hydrogen) atoms. The van der Waals surface area contributed by atoms with Crippen LogP contribution in [0.15, 0.2) is 57.9 Å². The topological polar surface area (TPSA) is 84.1 Å². The van der Waals surface area contributed by atoms with Crippen molar-refractivity contribution in [3.63, 3.8) is 0 Å². The summed E-state index contributed by atoms with van der Waals surface area (Å²) < 4.78 is 11.5. The zero-order valence-electron chi connectivity index (χ0n) is 16.4. The summed E-state index contributed by atoms with van der Waals surface area (Å²) in [6.07, 6.45) is 2.91. The highest BCUT2D eigenvalue weighted by Gasteiger charge is 2.18. The standard InChI is InChI=1S/C23H24N2O4/c1-2-15-5-3-6-17(11-15)25-23-20(22(27)24-14-19-7-4-10-28-19)12-16-8-9-18(26)13-21(16)29-23/h3,5-6,8-9,11-13,19,26H,2,4,7,10,14H2,1H3,(H,24,27)/t19-/m1/s1. The Morgan fingerprint density at radius 1 is 1.24 bits per heavy atom. The number of phenols is 1. The normalized spacial score (nSPS) is 17.0. The van der Waals surface area contributed by atoms with Gasteiger partial charge in [-0.15, -0.1) is 0 Å². The van der Waals surface area contributed by atoms with E-state index < -0.39 is 0 Å². The van der Waals surface area contributed by atoms with E-state index in [1.54, 1.807) is 18.2 Å². The number of fused-ring (bicyclic) bond motifs is 1. The van der Waals surface area contributed by atoms with Gasteiger partial charge in [-0.3, -0.25) is 4.79 Å². The van der Waals surface area contributed by atoms with Crippen LogP contribution in [0.5, 0.6) is 5.75 Å². The van der Waals surface area contributed by atoms with Gasteiger partial charge in [-0.25, -0.2) is 4.99 Å². The molecule has 2 heterocycles. The van der Waals surface area contributed by atoms with E-state index >= 15 is 0 Å². The molecule has 4 rings (SSSR count). The smallest absolute Gasteiger partial charge is 0.256 e. The van der Waals surface area contributed by atoms with Crippen LogP contribution in [0, 0.1) is 0 Å². The maximum atomic E-state index is 12.9. The Balaban J connectivity index is 1.75. The van der Waals surface area contributed by atoms with Crippen molar-refractivity contribution in [2.75, 3.05) is 13.2 Å². The maximum Gasteiger partial charge on any atom is 0.256 e. The Hall–Kier alpha value is -3.12. The number of phenolic OH excluding ortho intramolecular Hbond substituents is 1. The van der Waals surface area contributed by atoms with Crippen molar-refractivity contribution in [1.29, 1.82) is 0 Å². The third-order valence-corrected chi connectivity index (χ3v) is 5.04. The fraction of sp³-hybridized carbons (Fsp3) is 0.304. The highest BCUT2D eigenvalue weighted by Crippen LogP contribution is 2.20. The SMILES string of the molecule is CCc1cccc(N=c2oc3cc(O)ccc3cc2C(=O)NC[C@H]2CCCO2)c1. The van der Waals surface area contributed by atoms with E-state index in [9.17, 15) is 9.90 Å². The van der Waals surface area contributed by atoms with E-state index in [4.69, 9.17) is 9.15 Å². The molecule has 0 aliphatic carbocycles. The maximum absolute atomic E-state index is 12.9. The summed E-state index contributed by atoms with van der Waals surface area (Å²) in [7, 11) is 0. The number of aromatic hydroxyl groups is 1. The van der Waals surface area contributed by atoms with Crippen LogP contribution in [-0.4, -0.2) is 30.3 Å². The first-order valence-corrected chi connectivity index (χ1v) is 9.93. The Labute approximate surface area is 168 Å². The van der Waals surface area contributed by atoms with Gasteiger partial charge in [-0.2, -0.15) is 0 Å². The van der Waals surface area contributed by atoms with E-state index in [0.717, 1.165) is 31.4 Å². The van der Waals surface area contributed by atoms with Gasteiger partial charge in [-0.05, 0) is 55.2 Å². The van der Waals surface area contributed by atoms with Crippen molar-refractivity contribution in [2.24, 2.45) is 4.99 Å². The average Bonchev–Trinajstić information content (AvgIpc) is 3.25. The van der Waals surface area contributed by atoms with E-state index in [2.05, 4.69) is 17.2 Å². The minimum absolute atomic E-state index is 0.0508. The lowest BCUT2D eigenvalue weighted by Gasteiger charge is -2.11. The number of ether oxygens (including phenoxy) is 1. The second kappa shape index (κ2) is 8.49. The third-order valence-electron chi connectivity index (χ3n) is 5.04. The highest BCUT2D eigenvalue weighted by molar-refractivity contribution is 5.96. The molecule has 3 aromatic rings. The first-order valence-electron chi connectivity index (χ1n) is 9.93. The monoisotopic (exact) mass is 392 g/mol. The molecule has 1 aliphatic heterocycles. The molecule has 0 unspecified atom stereocenters. The summed E-state index contributed by atoms with van der Waals surface area (Å²) >= 11 is 0. The zero-order valence-corrected chi connectivity index (χ0v) is 16.4. The minimum atomic E-state index is -0.260. The van der Waals surface area contributed by atoms with Crippen LogP contribution in [-0.2, 0) is 11.2 Å². The summed E-state index contributed by atoms with van der Waals surface area (Å²) in [5.74, 6) is -0.166. The summed E-state index contributed by atoms with van der Waals surface area (Å²) in [6, 6.07) is 14.3. The molecule has 1 aromatic heterocycles. The third kappa shape index (κ3) is 4.49. The molecule has 0 bridgehead atoms. The number of hydrogen-bond acceptors (Lipinski definition) is 5. The lowest BCUT2D eigenvalue weighted by molar-refractivity contribution is 0.0854. The largest absolute Gasteiger partial charge is 0.508 e. The second-order valence-corrected chi connectivity index (χ2v) is 7.17. The van der Waals surface area contributed by atoms with Crippen LogP contribution < -0.4 is 10.9 Å². The number of aryl methyl sites for hydroxylation is 1. The fourth-order valence-electron chi connectivity index (χ4n) is 3.42. The van der Waals surface area contributed by atoms with Crippen LogP contribution >= 0.6 is 0 Å². The van der Waals surface area contributed by atoms with Gasteiger partial charge in [0.15, 0.2) is 0 Å². The van der Waals surface area contributed by atoms with Crippen molar-refractivity contribution in [3.8, 4) is 5.75 Å². The molecule has 2 aromatic carbocycles. The molecule has 1 fully saturated rings. The van der Waals surface area contributed by atoms with Crippen molar-refractivity contribution in [2.45, 2.75) is 32.3 Å². The Bertz CT molecular complexity index is 1100. The molecule has 150 valence electrons. The molecular weight excluding hydrogens is 368 g/mol. The van der Waals surface area contributed by atoms with Gasteiger partial charge < -0.3 is 19.6 Å². The predicted molar refractivity (Wildman–Crippen MR) is 110 cm³/mol. The van der Waals surface area contributed by atoms with E-state index in [0.29, 0.717) is 28.8 Å². The lowest BCUT2D eigenvalue weighted by Crippen LogP contribution is -2.34. The summed E-state index contributed by atoms with van der Waals surface area (Å²) in [5.41, 5.74) is 2.88. The molecule has 1 atom stereocenters.